The van der Waals surface area contributed by atoms with Gasteiger partial charge in [0.25, 0.3) is 0 Å². The summed E-state index contributed by atoms with van der Waals surface area (Å²) in [5.41, 5.74) is -1.57. The molecule has 5 nitrogen and oxygen atoms in total. The van der Waals surface area contributed by atoms with E-state index in [1.54, 1.807) is 6.07 Å². The summed E-state index contributed by atoms with van der Waals surface area (Å²) in [5.74, 6) is -0.843. The Kier molecular flexibility index (Phi) is 2.26. The zero-order valence-corrected chi connectivity index (χ0v) is 8.22. The van der Waals surface area contributed by atoms with E-state index < -0.39 is 25.7 Å². The Morgan fingerprint density at radius 2 is 2.31 bits per heavy atom. The van der Waals surface area contributed by atoms with Gasteiger partial charge in [-0.25, -0.2) is 8.42 Å². The fraction of sp³-hybridized carbons (Fsp3) is 0.667. The van der Waals surface area contributed by atoms with Crippen LogP contribution in [0.15, 0.2) is 0 Å². The number of rotatable bonds is 2. The van der Waals surface area contributed by atoms with E-state index in [-0.39, 0.29) is 6.42 Å². The lowest BCUT2D eigenvalue weighted by Gasteiger charge is -2.02. The number of ether oxygens (including phenoxy) is 1. The molecule has 0 amide bonds. The molecule has 13 heavy (non-hydrogen) atoms. The summed E-state index contributed by atoms with van der Waals surface area (Å²) < 4.78 is 25.9. The minimum atomic E-state index is -3.86. The normalized spacial score (nSPS) is 31.9. The number of nitrogens with zero attached hydrogens (tertiary/aromatic N) is 1. The minimum Gasteiger partial charge on any atom is -0.468 e. The van der Waals surface area contributed by atoms with E-state index in [4.69, 9.17) is 15.9 Å². The average Bonchev–Trinajstić information content (AvgIpc) is 2.78. The number of esters is 1. The van der Waals surface area contributed by atoms with Gasteiger partial charge < -0.3 is 4.74 Å². The van der Waals surface area contributed by atoms with Crippen LogP contribution in [0.4, 0.5) is 0 Å². The Morgan fingerprint density at radius 3 is 2.54 bits per heavy atom. The van der Waals surface area contributed by atoms with Crippen LogP contribution in [0.2, 0.25) is 0 Å². The van der Waals surface area contributed by atoms with Gasteiger partial charge in [-0.3, -0.25) is 4.79 Å². The molecule has 0 bridgehead atoms. The van der Waals surface area contributed by atoms with E-state index in [0.29, 0.717) is 0 Å². The summed E-state index contributed by atoms with van der Waals surface area (Å²) >= 11 is 0. The second kappa shape index (κ2) is 2.86. The van der Waals surface area contributed by atoms with E-state index in [0.717, 1.165) is 7.11 Å². The molecule has 0 unspecified atom stereocenters. The van der Waals surface area contributed by atoms with E-state index >= 15 is 0 Å². The van der Waals surface area contributed by atoms with Crippen LogP contribution in [-0.2, 0) is 18.6 Å². The molecule has 0 aromatic rings. The maximum absolute atomic E-state index is 11.0. The highest BCUT2D eigenvalue weighted by molar-refractivity contribution is 8.14. The molecule has 0 heterocycles. The first-order valence-electron chi connectivity index (χ1n) is 3.31. The summed E-state index contributed by atoms with van der Waals surface area (Å²) in [7, 11) is 2.25. The highest BCUT2D eigenvalue weighted by Gasteiger charge is 2.68. The second-order valence-corrected chi connectivity index (χ2v) is 5.55. The van der Waals surface area contributed by atoms with Crippen molar-refractivity contribution in [2.24, 2.45) is 5.41 Å². The summed E-state index contributed by atoms with van der Waals surface area (Å²) in [4.78, 5) is 11.0. The van der Waals surface area contributed by atoms with Crippen molar-refractivity contribution in [3.8, 4) is 6.07 Å². The van der Waals surface area contributed by atoms with Crippen LogP contribution in [0.1, 0.15) is 6.42 Å². The third kappa shape index (κ3) is 1.49. The fourth-order valence-corrected chi connectivity index (χ4v) is 2.87. The largest absolute Gasteiger partial charge is 0.468 e. The van der Waals surface area contributed by atoms with Crippen molar-refractivity contribution in [3.05, 3.63) is 0 Å². The number of carbonyl (C=O) groups is 1. The number of carbonyl (C=O) groups excluding carboxylic acids is 1. The third-order valence-electron chi connectivity index (χ3n) is 1.99. The van der Waals surface area contributed by atoms with Gasteiger partial charge >= 0.3 is 5.97 Å². The Hall–Kier alpha value is -0.800. The third-order valence-corrected chi connectivity index (χ3v) is 3.88. The number of hydrogen-bond donors (Lipinski definition) is 0. The monoisotopic (exact) mass is 223 g/mol. The first-order chi connectivity index (χ1) is 5.88. The Bertz CT molecular complexity index is 384. The van der Waals surface area contributed by atoms with Crippen molar-refractivity contribution >= 4 is 25.7 Å². The summed E-state index contributed by atoms with van der Waals surface area (Å²) in [5, 5.41) is 7.49. The smallest absolute Gasteiger partial charge is 0.327 e. The lowest BCUT2D eigenvalue weighted by atomic mass is 10.1. The molecule has 0 N–H and O–H groups in total. The first-order valence-corrected chi connectivity index (χ1v) is 5.69. The van der Waals surface area contributed by atoms with Gasteiger partial charge in [-0.2, -0.15) is 5.26 Å². The van der Waals surface area contributed by atoms with Gasteiger partial charge in [-0.05, 0) is 6.42 Å². The van der Waals surface area contributed by atoms with Crippen molar-refractivity contribution < 1.29 is 17.9 Å². The lowest BCUT2D eigenvalue weighted by Crippen LogP contribution is -2.22. The Morgan fingerprint density at radius 1 is 1.77 bits per heavy atom. The first kappa shape index (κ1) is 10.3. The van der Waals surface area contributed by atoms with Gasteiger partial charge in [0.2, 0.25) is 9.05 Å². The van der Waals surface area contributed by atoms with Gasteiger partial charge in [0, 0.05) is 10.7 Å². The molecule has 72 valence electrons. The average molecular weight is 224 g/mol. The Labute approximate surface area is 79.7 Å². The van der Waals surface area contributed by atoms with Gasteiger partial charge in [0.15, 0.2) is 5.41 Å². The molecular weight excluding hydrogens is 218 g/mol. The molecule has 0 spiro atoms. The summed E-state index contributed by atoms with van der Waals surface area (Å²) in [6.07, 6.45) is -0.0813. The SMILES string of the molecule is COC(=O)[C@]1(C#N)C[C@H]1S(=O)(=O)Cl. The maximum atomic E-state index is 11.0. The van der Waals surface area contributed by atoms with Crippen LogP contribution in [0.3, 0.4) is 0 Å². The molecule has 7 heteroatoms. The summed E-state index contributed by atoms with van der Waals surface area (Å²) in [6, 6.07) is 1.62. The zero-order chi connectivity index (χ0) is 10.3. The van der Waals surface area contributed by atoms with Gasteiger partial charge in [0.05, 0.1) is 13.2 Å². The minimum absolute atomic E-state index is 0.0813. The van der Waals surface area contributed by atoms with Crippen molar-refractivity contribution in [1.29, 1.82) is 5.26 Å². The van der Waals surface area contributed by atoms with Crippen LogP contribution in [0, 0.1) is 16.7 Å². The second-order valence-electron chi connectivity index (χ2n) is 2.74. The van der Waals surface area contributed by atoms with Crippen molar-refractivity contribution in [2.45, 2.75) is 11.7 Å². The molecule has 0 aromatic heterocycles. The summed E-state index contributed by atoms with van der Waals surface area (Å²) in [6.45, 7) is 0. The van der Waals surface area contributed by atoms with Crippen LogP contribution in [-0.4, -0.2) is 26.7 Å². The fourth-order valence-electron chi connectivity index (χ4n) is 1.13. The number of hydrogen-bond acceptors (Lipinski definition) is 5. The van der Waals surface area contributed by atoms with Crippen LogP contribution in [0.25, 0.3) is 0 Å². The molecule has 2 atom stereocenters. The standard InChI is InChI=1S/C6H6ClNO4S/c1-12-5(9)6(3-8)2-4(6)13(7,10)11/h4H,2H2,1H3/t4-,6+/m1/s1. The molecule has 1 rings (SSSR count). The molecule has 0 aromatic carbocycles. The van der Waals surface area contributed by atoms with E-state index in [1.807, 2.05) is 0 Å². The van der Waals surface area contributed by atoms with Crippen LogP contribution >= 0.6 is 10.7 Å². The predicted octanol–water partition coefficient (Wildman–Crippen LogP) is 0.0103. The van der Waals surface area contributed by atoms with Crippen molar-refractivity contribution in [3.63, 3.8) is 0 Å². The zero-order valence-electron chi connectivity index (χ0n) is 6.65. The van der Waals surface area contributed by atoms with E-state index in [1.165, 1.54) is 0 Å². The van der Waals surface area contributed by atoms with Crippen LogP contribution in [0.5, 0.6) is 0 Å². The number of nitriles is 1. The molecule has 0 radical (unpaired) electrons. The quantitative estimate of drug-likeness (QED) is 0.486. The van der Waals surface area contributed by atoms with Gasteiger partial charge in [0.1, 0.15) is 5.25 Å². The highest BCUT2D eigenvalue weighted by atomic mass is 35.7. The van der Waals surface area contributed by atoms with E-state index in [2.05, 4.69) is 4.74 Å². The Balaban J connectivity index is 2.96. The molecule has 1 aliphatic carbocycles. The van der Waals surface area contributed by atoms with Crippen molar-refractivity contribution in [2.75, 3.05) is 7.11 Å². The van der Waals surface area contributed by atoms with E-state index in [9.17, 15) is 13.2 Å². The van der Waals surface area contributed by atoms with Gasteiger partial charge in [-0.15, -0.1) is 0 Å². The topological polar surface area (TPSA) is 84.2 Å². The predicted molar refractivity (Wildman–Crippen MR) is 43.2 cm³/mol. The molecule has 1 fully saturated rings. The van der Waals surface area contributed by atoms with Crippen molar-refractivity contribution in [1.82, 2.24) is 0 Å². The van der Waals surface area contributed by atoms with Crippen LogP contribution < -0.4 is 0 Å². The molecule has 1 aliphatic rings. The number of halogens is 1. The lowest BCUT2D eigenvalue weighted by molar-refractivity contribution is -0.144. The molecular formula is C6H6ClNO4S. The molecule has 0 saturated heterocycles. The molecule has 0 aliphatic heterocycles. The highest BCUT2D eigenvalue weighted by Crippen LogP contribution is 2.52. The maximum Gasteiger partial charge on any atom is 0.327 e. The molecule has 1 saturated carbocycles. The number of methoxy groups -OCH3 is 1. The van der Waals surface area contributed by atoms with Gasteiger partial charge in [-0.1, -0.05) is 0 Å².